The average molecular weight is 248 g/mol. The van der Waals surface area contributed by atoms with Crippen molar-refractivity contribution in [2.24, 2.45) is 0 Å². The average Bonchev–Trinajstić information content (AvgIpc) is 2.85. The lowest BCUT2D eigenvalue weighted by atomic mass is 10.2. The first-order valence-electron chi connectivity index (χ1n) is 5.58. The maximum atomic E-state index is 9.86. The highest BCUT2D eigenvalue weighted by molar-refractivity contribution is 7.07. The molecule has 1 atom stereocenters. The van der Waals surface area contributed by atoms with E-state index in [2.05, 4.69) is 10.3 Å². The zero-order chi connectivity index (χ0) is 12.1. The summed E-state index contributed by atoms with van der Waals surface area (Å²) in [6.07, 6.45) is 1.42. The molecule has 2 aromatic heterocycles. The van der Waals surface area contributed by atoms with Crippen LogP contribution in [0.1, 0.15) is 22.9 Å². The van der Waals surface area contributed by atoms with Crippen molar-refractivity contribution >= 4 is 11.3 Å². The van der Waals surface area contributed by atoms with Gasteiger partial charge in [-0.1, -0.05) is 6.07 Å². The SMILES string of the molecule is Cc1ccc(CNCC(O)c2ccsc2)nc1. The van der Waals surface area contributed by atoms with Gasteiger partial charge in [0.15, 0.2) is 0 Å². The highest BCUT2D eigenvalue weighted by Gasteiger charge is 2.06. The Balaban J connectivity index is 1.78. The van der Waals surface area contributed by atoms with Crippen molar-refractivity contribution in [3.8, 4) is 0 Å². The van der Waals surface area contributed by atoms with E-state index in [-0.39, 0.29) is 0 Å². The van der Waals surface area contributed by atoms with E-state index in [1.54, 1.807) is 11.3 Å². The van der Waals surface area contributed by atoms with Gasteiger partial charge in [-0.05, 0) is 40.9 Å². The third-order valence-corrected chi connectivity index (χ3v) is 3.25. The molecule has 0 aliphatic rings. The second kappa shape index (κ2) is 5.91. The Kier molecular flexibility index (Phi) is 4.25. The first kappa shape index (κ1) is 12.2. The standard InChI is InChI=1S/C13H16N2OS/c1-10-2-3-12(15-6-10)7-14-8-13(16)11-4-5-17-9-11/h2-6,9,13-14,16H,7-8H2,1H3. The van der Waals surface area contributed by atoms with Crippen LogP contribution < -0.4 is 5.32 Å². The van der Waals surface area contributed by atoms with Gasteiger partial charge in [0.1, 0.15) is 0 Å². The summed E-state index contributed by atoms with van der Waals surface area (Å²) in [5.41, 5.74) is 3.12. The smallest absolute Gasteiger partial charge is 0.0922 e. The van der Waals surface area contributed by atoms with Gasteiger partial charge >= 0.3 is 0 Å². The fourth-order valence-electron chi connectivity index (χ4n) is 1.52. The fraction of sp³-hybridized carbons (Fsp3) is 0.308. The Morgan fingerprint density at radius 2 is 2.29 bits per heavy atom. The summed E-state index contributed by atoms with van der Waals surface area (Å²) in [5, 5.41) is 17.0. The van der Waals surface area contributed by atoms with E-state index in [9.17, 15) is 5.11 Å². The number of thiophene rings is 1. The van der Waals surface area contributed by atoms with Gasteiger partial charge < -0.3 is 10.4 Å². The minimum Gasteiger partial charge on any atom is -0.387 e. The van der Waals surface area contributed by atoms with E-state index in [4.69, 9.17) is 0 Å². The van der Waals surface area contributed by atoms with Crippen LogP contribution in [0.15, 0.2) is 35.2 Å². The van der Waals surface area contributed by atoms with Gasteiger partial charge in [0.05, 0.1) is 11.8 Å². The van der Waals surface area contributed by atoms with Crippen molar-refractivity contribution in [2.45, 2.75) is 19.6 Å². The molecule has 2 rings (SSSR count). The summed E-state index contributed by atoms with van der Waals surface area (Å²) in [5.74, 6) is 0. The molecular formula is C13H16N2OS. The highest BCUT2D eigenvalue weighted by Crippen LogP contribution is 2.15. The van der Waals surface area contributed by atoms with Gasteiger partial charge in [0, 0.05) is 19.3 Å². The zero-order valence-electron chi connectivity index (χ0n) is 9.76. The van der Waals surface area contributed by atoms with Crippen molar-refractivity contribution in [2.75, 3.05) is 6.54 Å². The van der Waals surface area contributed by atoms with E-state index in [1.165, 1.54) is 0 Å². The first-order valence-corrected chi connectivity index (χ1v) is 6.52. The number of aliphatic hydroxyl groups is 1. The summed E-state index contributed by atoms with van der Waals surface area (Å²) in [6.45, 7) is 3.25. The lowest BCUT2D eigenvalue weighted by molar-refractivity contribution is 0.174. The molecule has 0 fully saturated rings. The number of aromatic nitrogens is 1. The second-order valence-electron chi connectivity index (χ2n) is 4.03. The van der Waals surface area contributed by atoms with Crippen molar-refractivity contribution in [1.82, 2.24) is 10.3 Å². The molecule has 17 heavy (non-hydrogen) atoms. The molecule has 2 N–H and O–H groups in total. The Morgan fingerprint density at radius 1 is 1.41 bits per heavy atom. The van der Waals surface area contributed by atoms with Gasteiger partial charge in [-0.3, -0.25) is 4.98 Å². The van der Waals surface area contributed by atoms with Crippen molar-refractivity contribution in [3.63, 3.8) is 0 Å². The van der Waals surface area contributed by atoms with Crippen LogP contribution >= 0.6 is 11.3 Å². The van der Waals surface area contributed by atoms with E-state index in [0.717, 1.165) is 16.8 Å². The van der Waals surface area contributed by atoms with Crippen molar-refractivity contribution < 1.29 is 5.11 Å². The molecule has 0 saturated carbocycles. The number of pyridine rings is 1. The molecule has 1 unspecified atom stereocenters. The van der Waals surface area contributed by atoms with E-state index in [0.29, 0.717) is 13.1 Å². The molecule has 0 aliphatic carbocycles. The molecular weight excluding hydrogens is 232 g/mol. The van der Waals surface area contributed by atoms with Crippen LogP contribution in [0.3, 0.4) is 0 Å². The Labute approximate surface area is 105 Å². The fourth-order valence-corrected chi connectivity index (χ4v) is 2.23. The topological polar surface area (TPSA) is 45.1 Å². The monoisotopic (exact) mass is 248 g/mol. The Hall–Kier alpha value is -1.23. The van der Waals surface area contributed by atoms with Gasteiger partial charge in [-0.2, -0.15) is 11.3 Å². The number of hydrogen-bond donors (Lipinski definition) is 2. The lowest BCUT2D eigenvalue weighted by Crippen LogP contribution is -2.21. The largest absolute Gasteiger partial charge is 0.387 e. The van der Waals surface area contributed by atoms with Crippen molar-refractivity contribution in [3.05, 3.63) is 52.0 Å². The molecule has 0 spiro atoms. The third-order valence-electron chi connectivity index (χ3n) is 2.54. The van der Waals surface area contributed by atoms with E-state index < -0.39 is 6.10 Å². The number of nitrogens with one attached hydrogen (secondary N) is 1. The van der Waals surface area contributed by atoms with Crippen LogP contribution in [0.4, 0.5) is 0 Å². The minimum atomic E-state index is -0.438. The molecule has 2 aromatic rings. The summed E-state index contributed by atoms with van der Waals surface area (Å²) in [7, 11) is 0. The summed E-state index contributed by atoms with van der Waals surface area (Å²) >= 11 is 1.60. The molecule has 0 aliphatic heterocycles. The predicted molar refractivity (Wildman–Crippen MR) is 70.0 cm³/mol. The summed E-state index contributed by atoms with van der Waals surface area (Å²) in [6, 6.07) is 5.99. The molecule has 0 aromatic carbocycles. The number of rotatable bonds is 5. The van der Waals surface area contributed by atoms with Crippen LogP contribution in [0, 0.1) is 6.92 Å². The number of aliphatic hydroxyl groups excluding tert-OH is 1. The molecule has 0 bridgehead atoms. The molecule has 90 valence electrons. The van der Waals surface area contributed by atoms with Crippen molar-refractivity contribution in [1.29, 1.82) is 0 Å². The molecule has 3 nitrogen and oxygen atoms in total. The van der Waals surface area contributed by atoms with Crippen LogP contribution in [-0.2, 0) is 6.54 Å². The third kappa shape index (κ3) is 3.63. The van der Waals surface area contributed by atoms with Crippen LogP contribution in [0.5, 0.6) is 0 Å². The molecule has 0 amide bonds. The van der Waals surface area contributed by atoms with Gasteiger partial charge in [-0.25, -0.2) is 0 Å². The molecule has 2 heterocycles. The zero-order valence-corrected chi connectivity index (χ0v) is 10.6. The minimum absolute atomic E-state index is 0.438. The quantitative estimate of drug-likeness (QED) is 0.853. The van der Waals surface area contributed by atoms with Gasteiger partial charge in [0.2, 0.25) is 0 Å². The number of nitrogens with zero attached hydrogens (tertiary/aromatic N) is 1. The summed E-state index contributed by atoms with van der Waals surface area (Å²) < 4.78 is 0. The normalized spacial score (nSPS) is 12.6. The van der Waals surface area contributed by atoms with E-state index >= 15 is 0 Å². The number of aryl methyl sites for hydroxylation is 1. The Bertz CT molecular complexity index is 439. The summed E-state index contributed by atoms with van der Waals surface area (Å²) in [4.78, 5) is 4.30. The van der Waals surface area contributed by atoms with E-state index in [1.807, 2.05) is 42.1 Å². The van der Waals surface area contributed by atoms with Crippen LogP contribution in [0.25, 0.3) is 0 Å². The molecule has 4 heteroatoms. The number of hydrogen-bond acceptors (Lipinski definition) is 4. The van der Waals surface area contributed by atoms with Gasteiger partial charge in [0.25, 0.3) is 0 Å². The maximum Gasteiger partial charge on any atom is 0.0922 e. The van der Waals surface area contributed by atoms with Gasteiger partial charge in [-0.15, -0.1) is 0 Å². The Morgan fingerprint density at radius 3 is 2.94 bits per heavy atom. The molecule has 0 radical (unpaired) electrons. The first-order chi connectivity index (χ1) is 8.25. The predicted octanol–water partition coefficient (Wildman–Crippen LogP) is 2.27. The van der Waals surface area contributed by atoms with Crippen LogP contribution in [0.2, 0.25) is 0 Å². The highest BCUT2D eigenvalue weighted by atomic mass is 32.1. The maximum absolute atomic E-state index is 9.86. The second-order valence-corrected chi connectivity index (χ2v) is 4.81. The molecule has 0 saturated heterocycles. The lowest BCUT2D eigenvalue weighted by Gasteiger charge is -2.10. The van der Waals surface area contributed by atoms with Crippen LogP contribution in [-0.4, -0.2) is 16.6 Å².